The van der Waals surface area contributed by atoms with E-state index in [1.54, 1.807) is 7.11 Å². The van der Waals surface area contributed by atoms with Crippen LogP contribution in [0.4, 0.5) is 0 Å². The summed E-state index contributed by atoms with van der Waals surface area (Å²) in [4.78, 5) is 0. The zero-order chi connectivity index (χ0) is 16.5. The minimum Gasteiger partial charge on any atom is -0.491 e. The highest BCUT2D eigenvalue weighted by Gasteiger charge is 2.12. The Morgan fingerprint density at radius 2 is 1.32 bits per heavy atom. The van der Waals surface area contributed by atoms with E-state index in [1.165, 1.54) is 32.1 Å². The second-order valence-electron chi connectivity index (χ2n) is 5.48. The van der Waals surface area contributed by atoms with E-state index in [9.17, 15) is 0 Å². The van der Waals surface area contributed by atoms with E-state index in [-0.39, 0.29) is 6.79 Å². The standard InChI is InChI=1S/C18H36O4/c1-5-8-9-10-11-12-13-17(20-14-6-2)18(21-15-7-3)22-16-19-4/h5-16H2,1-4H3/b18-17-. The van der Waals surface area contributed by atoms with E-state index in [0.717, 1.165) is 31.4 Å². The van der Waals surface area contributed by atoms with Gasteiger partial charge in [-0.2, -0.15) is 0 Å². The Bertz CT molecular complexity index is 254. The van der Waals surface area contributed by atoms with Gasteiger partial charge in [-0.1, -0.05) is 52.9 Å². The summed E-state index contributed by atoms with van der Waals surface area (Å²) in [6.45, 7) is 7.94. The van der Waals surface area contributed by atoms with Crippen LogP contribution in [0.2, 0.25) is 0 Å². The van der Waals surface area contributed by atoms with Crippen LogP contribution in [0.3, 0.4) is 0 Å². The molecular formula is C18H36O4. The van der Waals surface area contributed by atoms with Gasteiger partial charge < -0.3 is 18.9 Å². The molecule has 0 aliphatic rings. The summed E-state index contributed by atoms with van der Waals surface area (Å²) in [6.07, 6.45) is 10.4. The Kier molecular flexibility index (Phi) is 15.8. The normalized spacial score (nSPS) is 12.0. The third kappa shape index (κ3) is 11.7. The second-order valence-corrected chi connectivity index (χ2v) is 5.48. The maximum atomic E-state index is 5.85. The topological polar surface area (TPSA) is 36.9 Å². The first-order valence-electron chi connectivity index (χ1n) is 8.90. The first-order valence-corrected chi connectivity index (χ1v) is 8.90. The number of rotatable bonds is 16. The van der Waals surface area contributed by atoms with Gasteiger partial charge in [-0.3, -0.25) is 0 Å². The van der Waals surface area contributed by atoms with E-state index >= 15 is 0 Å². The van der Waals surface area contributed by atoms with E-state index in [4.69, 9.17) is 18.9 Å². The lowest BCUT2D eigenvalue weighted by atomic mass is 10.1. The highest BCUT2D eigenvalue weighted by atomic mass is 16.7. The first-order chi connectivity index (χ1) is 10.8. The fraction of sp³-hybridized carbons (Fsp3) is 0.889. The highest BCUT2D eigenvalue weighted by Crippen LogP contribution is 2.19. The van der Waals surface area contributed by atoms with Crippen LogP contribution >= 0.6 is 0 Å². The molecule has 0 aliphatic heterocycles. The molecule has 4 nitrogen and oxygen atoms in total. The lowest BCUT2D eigenvalue weighted by molar-refractivity contribution is -0.0686. The van der Waals surface area contributed by atoms with Crippen molar-refractivity contribution in [2.24, 2.45) is 0 Å². The van der Waals surface area contributed by atoms with Gasteiger partial charge in [-0.15, -0.1) is 0 Å². The number of unbranched alkanes of at least 4 members (excludes halogenated alkanes) is 5. The SMILES string of the molecule is CCCCCCCC/C(OCCC)=C(\OCCC)OCOC. The molecule has 0 amide bonds. The Balaban J connectivity index is 4.44. The van der Waals surface area contributed by atoms with Crippen molar-refractivity contribution in [2.75, 3.05) is 27.1 Å². The monoisotopic (exact) mass is 316 g/mol. The van der Waals surface area contributed by atoms with Gasteiger partial charge in [0, 0.05) is 13.5 Å². The van der Waals surface area contributed by atoms with Gasteiger partial charge in [0.25, 0.3) is 0 Å². The minimum atomic E-state index is 0.189. The quantitative estimate of drug-likeness (QED) is 0.218. The van der Waals surface area contributed by atoms with Gasteiger partial charge in [-0.05, 0) is 19.3 Å². The predicted molar refractivity (Wildman–Crippen MR) is 90.5 cm³/mol. The third-order valence-corrected chi connectivity index (χ3v) is 3.21. The van der Waals surface area contributed by atoms with E-state index in [1.807, 2.05) is 0 Å². The molecule has 0 heterocycles. The minimum absolute atomic E-state index is 0.189. The molecule has 0 rings (SSSR count). The molecule has 0 atom stereocenters. The van der Waals surface area contributed by atoms with E-state index < -0.39 is 0 Å². The number of ether oxygens (including phenoxy) is 4. The molecule has 0 saturated heterocycles. The molecule has 0 spiro atoms. The number of methoxy groups -OCH3 is 1. The van der Waals surface area contributed by atoms with Crippen molar-refractivity contribution in [3.8, 4) is 0 Å². The Labute approximate surface area is 137 Å². The Hall–Kier alpha value is -0.900. The van der Waals surface area contributed by atoms with Crippen molar-refractivity contribution in [1.82, 2.24) is 0 Å². The molecule has 22 heavy (non-hydrogen) atoms. The largest absolute Gasteiger partial charge is 0.491 e. The fourth-order valence-corrected chi connectivity index (χ4v) is 2.03. The Morgan fingerprint density at radius 1 is 0.682 bits per heavy atom. The predicted octanol–water partition coefficient (Wildman–Crippen LogP) is 5.38. The zero-order valence-electron chi connectivity index (χ0n) is 15.1. The molecule has 0 aromatic carbocycles. The van der Waals surface area contributed by atoms with E-state index in [0.29, 0.717) is 19.2 Å². The van der Waals surface area contributed by atoms with Crippen LogP contribution in [0.5, 0.6) is 0 Å². The summed E-state index contributed by atoms with van der Waals surface area (Å²) < 4.78 is 22.1. The average Bonchev–Trinajstić information content (AvgIpc) is 2.54. The summed E-state index contributed by atoms with van der Waals surface area (Å²) >= 11 is 0. The van der Waals surface area contributed by atoms with Crippen molar-refractivity contribution in [2.45, 2.75) is 78.6 Å². The van der Waals surface area contributed by atoms with Gasteiger partial charge in [-0.25, -0.2) is 0 Å². The first kappa shape index (κ1) is 21.1. The Morgan fingerprint density at radius 3 is 1.95 bits per heavy atom. The molecule has 0 unspecified atom stereocenters. The number of hydrogen-bond donors (Lipinski definition) is 0. The van der Waals surface area contributed by atoms with E-state index in [2.05, 4.69) is 20.8 Å². The summed E-state index contributed by atoms with van der Waals surface area (Å²) in [6, 6.07) is 0. The molecule has 0 N–H and O–H groups in total. The maximum Gasteiger partial charge on any atom is 0.321 e. The van der Waals surface area contributed by atoms with Crippen LogP contribution in [0, 0.1) is 0 Å². The molecular weight excluding hydrogens is 280 g/mol. The highest BCUT2D eigenvalue weighted by molar-refractivity contribution is 4.95. The summed E-state index contributed by atoms with van der Waals surface area (Å²) in [5, 5.41) is 0. The van der Waals surface area contributed by atoms with Crippen LogP contribution in [-0.4, -0.2) is 27.1 Å². The fourth-order valence-electron chi connectivity index (χ4n) is 2.03. The van der Waals surface area contributed by atoms with Gasteiger partial charge in [0.1, 0.15) is 0 Å². The van der Waals surface area contributed by atoms with Crippen LogP contribution < -0.4 is 0 Å². The molecule has 0 aliphatic carbocycles. The number of hydrogen-bond acceptors (Lipinski definition) is 4. The smallest absolute Gasteiger partial charge is 0.321 e. The molecule has 4 heteroatoms. The van der Waals surface area contributed by atoms with Crippen LogP contribution in [0.15, 0.2) is 11.7 Å². The molecule has 0 aromatic rings. The average molecular weight is 316 g/mol. The summed E-state index contributed by atoms with van der Waals surface area (Å²) in [5.74, 6) is 1.34. The molecule has 132 valence electrons. The lowest BCUT2D eigenvalue weighted by Gasteiger charge is -2.17. The zero-order valence-corrected chi connectivity index (χ0v) is 15.1. The van der Waals surface area contributed by atoms with Crippen molar-refractivity contribution < 1.29 is 18.9 Å². The van der Waals surface area contributed by atoms with Gasteiger partial charge >= 0.3 is 5.95 Å². The van der Waals surface area contributed by atoms with Crippen LogP contribution in [0.25, 0.3) is 0 Å². The summed E-state index contributed by atoms with van der Waals surface area (Å²) in [5.41, 5.74) is 0. The van der Waals surface area contributed by atoms with Crippen molar-refractivity contribution in [1.29, 1.82) is 0 Å². The van der Waals surface area contributed by atoms with Crippen molar-refractivity contribution >= 4 is 0 Å². The maximum absolute atomic E-state index is 5.85. The lowest BCUT2D eigenvalue weighted by Crippen LogP contribution is -2.08. The van der Waals surface area contributed by atoms with Gasteiger partial charge in [0.15, 0.2) is 12.6 Å². The molecule has 0 radical (unpaired) electrons. The van der Waals surface area contributed by atoms with Crippen molar-refractivity contribution in [3.63, 3.8) is 0 Å². The van der Waals surface area contributed by atoms with Crippen molar-refractivity contribution in [3.05, 3.63) is 11.7 Å². The summed E-state index contributed by atoms with van der Waals surface area (Å²) in [7, 11) is 1.61. The van der Waals surface area contributed by atoms with Gasteiger partial charge in [0.05, 0.1) is 13.2 Å². The van der Waals surface area contributed by atoms with Crippen LogP contribution in [-0.2, 0) is 18.9 Å². The molecule has 0 bridgehead atoms. The molecule has 0 saturated carbocycles. The molecule has 0 fully saturated rings. The second kappa shape index (κ2) is 16.5. The molecule has 0 aromatic heterocycles. The van der Waals surface area contributed by atoms with Crippen LogP contribution in [0.1, 0.15) is 78.6 Å². The third-order valence-electron chi connectivity index (χ3n) is 3.21. The van der Waals surface area contributed by atoms with Gasteiger partial charge in [0.2, 0.25) is 0 Å². The number of allylic oxidation sites excluding steroid dienone is 1.